The van der Waals surface area contributed by atoms with Crippen LogP contribution < -0.4 is 10.2 Å². The Morgan fingerprint density at radius 3 is 2.88 bits per heavy atom. The third kappa shape index (κ3) is 4.30. The van der Waals surface area contributed by atoms with Crippen molar-refractivity contribution >= 4 is 38.0 Å². The highest BCUT2D eigenvalue weighted by atomic mass is 32.1. The molecule has 1 aliphatic heterocycles. The fraction of sp³-hybridized carbons (Fsp3) is 0.440. The zero-order chi connectivity index (χ0) is 22.2. The van der Waals surface area contributed by atoms with Crippen molar-refractivity contribution in [3.63, 3.8) is 0 Å². The molecule has 3 aromatic heterocycles. The summed E-state index contributed by atoms with van der Waals surface area (Å²) in [4.78, 5) is 11.8. The highest BCUT2D eigenvalue weighted by molar-refractivity contribution is 7.22. The maximum Gasteiger partial charge on any atom is 0.184 e. The van der Waals surface area contributed by atoms with Crippen molar-refractivity contribution in [1.29, 1.82) is 0 Å². The normalized spacial score (nSPS) is 21.7. The molecular weight excluding hydrogens is 434 g/mol. The summed E-state index contributed by atoms with van der Waals surface area (Å²) in [7, 11) is 0. The molecule has 0 spiro atoms. The summed E-state index contributed by atoms with van der Waals surface area (Å²) < 4.78 is 8.82. The van der Waals surface area contributed by atoms with Crippen LogP contribution in [0, 0.1) is 0 Å². The van der Waals surface area contributed by atoms with Crippen molar-refractivity contribution in [2.45, 2.75) is 44.2 Å². The van der Waals surface area contributed by atoms with Gasteiger partial charge in [0.1, 0.15) is 5.65 Å². The number of thiazole rings is 1. The first-order valence-corrected chi connectivity index (χ1v) is 12.7. The number of aliphatic hydroxyl groups is 1. The number of pyridine rings is 1. The zero-order valence-corrected chi connectivity index (χ0v) is 19.4. The van der Waals surface area contributed by atoms with Gasteiger partial charge in [0, 0.05) is 49.4 Å². The van der Waals surface area contributed by atoms with Gasteiger partial charge in [-0.05, 0) is 36.6 Å². The van der Waals surface area contributed by atoms with E-state index < -0.39 is 0 Å². The number of fused-ring (bicyclic) bond motifs is 2. The third-order valence-corrected chi connectivity index (χ3v) is 7.78. The van der Waals surface area contributed by atoms with E-state index in [2.05, 4.69) is 56.1 Å². The van der Waals surface area contributed by atoms with E-state index in [9.17, 15) is 5.11 Å². The lowest BCUT2D eigenvalue weighted by atomic mass is 9.93. The SMILES string of the molecule is O[C@@H]1CCCC[C@H]1Nc1nc2ccc(Cc3cnc4cc(N5CCOCC5)ccn34)cc2s1. The summed E-state index contributed by atoms with van der Waals surface area (Å²) in [6, 6.07) is 10.9. The first kappa shape index (κ1) is 20.9. The molecule has 0 radical (unpaired) electrons. The number of benzene rings is 1. The molecule has 0 bridgehead atoms. The molecule has 1 aromatic carbocycles. The van der Waals surface area contributed by atoms with E-state index in [1.165, 1.54) is 21.6 Å². The van der Waals surface area contributed by atoms with Gasteiger partial charge in [0.05, 0.1) is 35.6 Å². The molecule has 4 aromatic rings. The van der Waals surface area contributed by atoms with Crippen LogP contribution in [-0.4, -0.2) is 57.9 Å². The van der Waals surface area contributed by atoms with E-state index in [4.69, 9.17) is 9.72 Å². The first-order chi connectivity index (χ1) is 16.2. The number of nitrogens with zero attached hydrogens (tertiary/aromatic N) is 4. The molecule has 172 valence electrons. The molecule has 7 nitrogen and oxygen atoms in total. The van der Waals surface area contributed by atoms with Crippen LogP contribution >= 0.6 is 11.3 Å². The largest absolute Gasteiger partial charge is 0.391 e. The minimum absolute atomic E-state index is 0.110. The number of nitrogens with one attached hydrogen (secondary N) is 1. The lowest BCUT2D eigenvalue weighted by Crippen LogP contribution is -2.36. The number of rotatable bonds is 5. The molecule has 2 fully saturated rings. The van der Waals surface area contributed by atoms with Crippen LogP contribution in [0.4, 0.5) is 10.8 Å². The molecule has 0 unspecified atom stereocenters. The summed E-state index contributed by atoms with van der Waals surface area (Å²) in [5, 5.41) is 14.6. The van der Waals surface area contributed by atoms with Gasteiger partial charge in [0.15, 0.2) is 5.13 Å². The van der Waals surface area contributed by atoms with Crippen LogP contribution in [0.3, 0.4) is 0 Å². The second kappa shape index (κ2) is 8.93. The third-order valence-electron chi connectivity index (χ3n) is 6.83. The number of hydrogen-bond acceptors (Lipinski definition) is 7. The molecule has 1 saturated heterocycles. The van der Waals surface area contributed by atoms with Crippen LogP contribution in [0.1, 0.15) is 36.9 Å². The zero-order valence-electron chi connectivity index (χ0n) is 18.6. The Hall–Kier alpha value is -2.68. The number of aliphatic hydroxyl groups excluding tert-OH is 1. The summed E-state index contributed by atoms with van der Waals surface area (Å²) in [6.45, 7) is 3.41. The Labute approximate surface area is 197 Å². The molecule has 1 saturated carbocycles. The molecule has 0 amide bonds. The van der Waals surface area contributed by atoms with Crippen molar-refractivity contribution in [3.8, 4) is 0 Å². The van der Waals surface area contributed by atoms with Gasteiger partial charge in [0.2, 0.25) is 0 Å². The molecule has 2 atom stereocenters. The molecule has 1 aliphatic carbocycles. The van der Waals surface area contributed by atoms with Crippen molar-refractivity contribution in [2.24, 2.45) is 0 Å². The highest BCUT2D eigenvalue weighted by Gasteiger charge is 2.23. The van der Waals surface area contributed by atoms with E-state index in [-0.39, 0.29) is 12.1 Å². The molecule has 2 aliphatic rings. The minimum atomic E-state index is -0.278. The van der Waals surface area contributed by atoms with Crippen molar-refractivity contribution < 1.29 is 9.84 Å². The maximum atomic E-state index is 10.3. The predicted molar refractivity (Wildman–Crippen MR) is 133 cm³/mol. The molecule has 8 heteroatoms. The van der Waals surface area contributed by atoms with Gasteiger partial charge in [-0.1, -0.05) is 30.2 Å². The predicted octanol–water partition coefficient (Wildman–Crippen LogP) is 4.09. The lowest BCUT2D eigenvalue weighted by molar-refractivity contribution is 0.116. The van der Waals surface area contributed by atoms with Gasteiger partial charge in [0.25, 0.3) is 0 Å². The number of hydrogen-bond donors (Lipinski definition) is 2. The Morgan fingerprint density at radius 1 is 1.12 bits per heavy atom. The topological polar surface area (TPSA) is 74.9 Å². The van der Waals surface area contributed by atoms with Crippen LogP contribution in [0.2, 0.25) is 0 Å². The van der Waals surface area contributed by atoms with E-state index >= 15 is 0 Å². The Morgan fingerprint density at radius 2 is 2.00 bits per heavy atom. The van der Waals surface area contributed by atoms with Gasteiger partial charge in [-0.2, -0.15) is 0 Å². The van der Waals surface area contributed by atoms with Gasteiger partial charge in [-0.15, -0.1) is 0 Å². The number of imidazole rings is 1. The first-order valence-electron chi connectivity index (χ1n) is 11.9. The van der Waals surface area contributed by atoms with Crippen molar-refractivity contribution in [2.75, 3.05) is 36.5 Å². The van der Waals surface area contributed by atoms with Gasteiger partial charge in [-0.3, -0.25) is 0 Å². The van der Waals surface area contributed by atoms with Crippen LogP contribution in [0.25, 0.3) is 15.9 Å². The monoisotopic (exact) mass is 463 g/mol. The van der Waals surface area contributed by atoms with E-state index in [1.54, 1.807) is 11.3 Å². The van der Waals surface area contributed by atoms with Gasteiger partial charge >= 0.3 is 0 Å². The molecular formula is C25H29N5O2S. The lowest BCUT2D eigenvalue weighted by Gasteiger charge is -2.28. The van der Waals surface area contributed by atoms with E-state index in [1.807, 2.05) is 6.20 Å². The number of ether oxygens (including phenoxy) is 1. The van der Waals surface area contributed by atoms with Crippen LogP contribution in [-0.2, 0) is 11.2 Å². The van der Waals surface area contributed by atoms with Gasteiger partial charge < -0.3 is 24.5 Å². The van der Waals surface area contributed by atoms with E-state index in [0.29, 0.717) is 0 Å². The standard InChI is InChI=1S/C25H29N5O2S/c31-22-4-2-1-3-20(22)27-25-28-21-6-5-17(14-23(21)33-25)13-19-16-26-24-15-18(7-8-30(19)24)29-9-11-32-12-10-29/h5-8,14-16,20,22,31H,1-4,9-13H2,(H,27,28)/t20-,22-/m1/s1. The maximum absolute atomic E-state index is 10.3. The summed E-state index contributed by atoms with van der Waals surface area (Å²) in [6.07, 6.45) is 8.80. The molecule has 4 heterocycles. The number of aromatic nitrogens is 3. The average molecular weight is 464 g/mol. The quantitative estimate of drug-likeness (QED) is 0.464. The number of anilines is 2. The van der Waals surface area contributed by atoms with E-state index in [0.717, 1.165) is 74.7 Å². The number of morpholine rings is 1. The Balaban J connectivity index is 1.20. The van der Waals surface area contributed by atoms with Crippen molar-refractivity contribution in [1.82, 2.24) is 14.4 Å². The highest BCUT2D eigenvalue weighted by Crippen LogP contribution is 2.30. The summed E-state index contributed by atoms with van der Waals surface area (Å²) >= 11 is 1.67. The molecule has 6 rings (SSSR count). The van der Waals surface area contributed by atoms with Crippen LogP contribution in [0.5, 0.6) is 0 Å². The summed E-state index contributed by atoms with van der Waals surface area (Å²) in [5.41, 5.74) is 5.60. The van der Waals surface area contributed by atoms with Gasteiger partial charge in [-0.25, -0.2) is 9.97 Å². The Bertz CT molecular complexity index is 1260. The molecule has 33 heavy (non-hydrogen) atoms. The van der Waals surface area contributed by atoms with Crippen LogP contribution in [0.15, 0.2) is 42.7 Å². The molecule has 2 N–H and O–H groups in total. The summed E-state index contributed by atoms with van der Waals surface area (Å²) in [5.74, 6) is 0. The Kier molecular flexibility index (Phi) is 5.65. The smallest absolute Gasteiger partial charge is 0.184 e. The van der Waals surface area contributed by atoms with Crippen molar-refractivity contribution in [3.05, 3.63) is 54.0 Å². The fourth-order valence-electron chi connectivity index (χ4n) is 4.96. The second-order valence-corrected chi connectivity index (χ2v) is 10.1. The second-order valence-electron chi connectivity index (χ2n) is 9.06. The average Bonchev–Trinajstić information content (AvgIpc) is 3.44. The minimum Gasteiger partial charge on any atom is -0.391 e. The fourth-order valence-corrected chi connectivity index (χ4v) is 5.95.